The molecule has 1 aliphatic carbocycles. The minimum atomic E-state index is -3.74. The molecule has 1 saturated carbocycles. The molecule has 8 heteroatoms. The van der Waals surface area contributed by atoms with Crippen LogP contribution in [0.5, 0.6) is 0 Å². The van der Waals surface area contributed by atoms with Crippen LogP contribution in [-0.4, -0.2) is 25.0 Å². The molecule has 1 aromatic heterocycles. The number of carboxylic acids is 1. The highest BCUT2D eigenvalue weighted by Crippen LogP contribution is 2.35. The van der Waals surface area contributed by atoms with Gasteiger partial charge in [0.15, 0.2) is 0 Å². The number of aryl methyl sites for hydroxylation is 1. The quantitative estimate of drug-likeness (QED) is 0.853. The summed E-state index contributed by atoms with van der Waals surface area (Å²) in [6, 6.07) is 1.52. The van der Waals surface area contributed by atoms with Gasteiger partial charge in [-0.1, -0.05) is 30.9 Å². The zero-order chi connectivity index (χ0) is 15.7. The molecule has 1 aliphatic rings. The van der Waals surface area contributed by atoms with Gasteiger partial charge in [-0.2, -0.15) is 0 Å². The molecule has 5 nitrogen and oxygen atoms in total. The molecule has 0 radical (unpaired) electrons. The van der Waals surface area contributed by atoms with Crippen LogP contribution in [-0.2, 0) is 14.8 Å². The Morgan fingerprint density at radius 1 is 1.43 bits per heavy atom. The van der Waals surface area contributed by atoms with Crippen molar-refractivity contribution >= 4 is 38.9 Å². The number of halogens is 1. The summed E-state index contributed by atoms with van der Waals surface area (Å²) in [6.07, 6.45) is 3.59. The molecule has 1 aromatic rings. The molecule has 0 amide bonds. The molecule has 2 N–H and O–H groups in total. The van der Waals surface area contributed by atoms with Gasteiger partial charge in [0.25, 0.3) is 10.0 Å². The largest absolute Gasteiger partial charge is 0.481 e. The Morgan fingerprint density at radius 3 is 2.52 bits per heavy atom. The number of hydrogen-bond acceptors (Lipinski definition) is 4. The Bertz CT molecular complexity index is 613. The lowest BCUT2D eigenvalue weighted by Gasteiger charge is -2.36. The van der Waals surface area contributed by atoms with E-state index in [-0.39, 0.29) is 10.6 Å². The van der Waals surface area contributed by atoms with Crippen LogP contribution >= 0.6 is 22.9 Å². The monoisotopic (exact) mass is 351 g/mol. The van der Waals surface area contributed by atoms with E-state index in [1.807, 2.05) is 0 Å². The maximum absolute atomic E-state index is 12.5. The molecule has 21 heavy (non-hydrogen) atoms. The highest BCUT2D eigenvalue weighted by Gasteiger charge is 2.39. The topological polar surface area (TPSA) is 83.5 Å². The summed E-state index contributed by atoms with van der Waals surface area (Å²) in [7, 11) is -3.74. The summed E-state index contributed by atoms with van der Waals surface area (Å²) in [5, 5.41) is 9.09. The fraction of sp³-hybridized carbons (Fsp3) is 0.615. The molecule has 118 valence electrons. The van der Waals surface area contributed by atoms with Crippen molar-refractivity contribution in [2.45, 2.75) is 55.2 Å². The van der Waals surface area contributed by atoms with Crippen molar-refractivity contribution in [1.29, 1.82) is 0 Å². The normalized spacial score (nSPS) is 18.6. The summed E-state index contributed by atoms with van der Waals surface area (Å²) < 4.78 is 28.2. The molecule has 0 bridgehead atoms. The molecule has 0 spiro atoms. The third kappa shape index (κ3) is 3.97. The number of hydrogen-bond donors (Lipinski definition) is 2. The summed E-state index contributed by atoms with van der Waals surface area (Å²) >= 11 is 6.92. The predicted molar refractivity (Wildman–Crippen MR) is 82.5 cm³/mol. The second kappa shape index (κ2) is 6.24. The molecule has 1 fully saturated rings. The molecule has 0 aromatic carbocycles. The predicted octanol–water partition coefficient (Wildman–Crippen LogP) is 3.17. The van der Waals surface area contributed by atoms with Crippen LogP contribution in [0, 0.1) is 6.92 Å². The Labute approximate surface area is 133 Å². The average molecular weight is 352 g/mol. The van der Waals surface area contributed by atoms with E-state index in [1.165, 1.54) is 6.07 Å². The zero-order valence-corrected chi connectivity index (χ0v) is 14.1. The van der Waals surface area contributed by atoms with Crippen LogP contribution in [0.4, 0.5) is 0 Å². The number of nitrogens with one attached hydrogen (secondary N) is 1. The lowest BCUT2D eigenvalue weighted by Crippen LogP contribution is -2.50. The summed E-state index contributed by atoms with van der Waals surface area (Å²) in [5.74, 6) is -0.986. The van der Waals surface area contributed by atoms with E-state index >= 15 is 0 Å². The fourth-order valence-electron chi connectivity index (χ4n) is 2.73. The third-order valence-electron chi connectivity index (χ3n) is 3.75. The van der Waals surface area contributed by atoms with E-state index in [4.69, 9.17) is 16.7 Å². The summed E-state index contributed by atoms with van der Waals surface area (Å²) in [6.45, 7) is 1.74. The minimum Gasteiger partial charge on any atom is -0.481 e. The first-order valence-corrected chi connectivity index (χ1v) is 9.44. The third-order valence-corrected chi connectivity index (χ3v) is 7.36. The van der Waals surface area contributed by atoms with Gasteiger partial charge in [0, 0.05) is 5.54 Å². The summed E-state index contributed by atoms with van der Waals surface area (Å²) in [5.41, 5.74) is -0.175. The number of aliphatic carboxylic acids is 1. The van der Waals surface area contributed by atoms with Gasteiger partial charge in [-0.25, -0.2) is 13.1 Å². The Hall–Kier alpha value is -0.630. The van der Waals surface area contributed by atoms with E-state index < -0.39 is 21.5 Å². The highest BCUT2D eigenvalue weighted by molar-refractivity contribution is 7.91. The average Bonchev–Trinajstić information content (AvgIpc) is 2.69. The standard InChI is InChI=1S/C13H18ClNO4S2/c1-9-7-11(20-12(9)14)21(18,19)15-13(8-10(16)17)5-3-2-4-6-13/h7,15H,2-6,8H2,1H3,(H,16,17). The van der Waals surface area contributed by atoms with Gasteiger partial charge in [-0.3, -0.25) is 4.79 Å². The fourth-order valence-corrected chi connectivity index (χ4v) is 5.90. The van der Waals surface area contributed by atoms with Gasteiger partial charge < -0.3 is 5.11 Å². The minimum absolute atomic E-state index is 0.139. The van der Waals surface area contributed by atoms with Crippen LogP contribution in [0.3, 0.4) is 0 Å². The zero-order valence-electron chi connectivity index (χ0n) is 11.7. The van der Waals surface area contributed by atoms with Gasteiger partial charge >= 0.3 is 5.97 Å². The van der Waals surface area contributed by atoms with Crippen molar-refractivity contribution in [2.75, 3.05) is 0 Å². The van der Waals surface area contributed by atoms with Crippen molar-refractivity contribution in [3.63, 3.8) is 0 Å². The molecular weight excluding hydrogens is 334 g/mol. The van der Waals surface area contributed by atoms with Crippen LogP contribution in [0.1, 0.15) is 44.1 Å². The smallest absolute Gasteiger partial charge is 0.305 e. The van der Waals surface area contributed by atoms with Gasteiger partial charge in [-0.05, 0) is 31.4 Å². The lowest BCUT2D eigenvalue weighted by atomic mass is 9.80. The molecule has 0 aliphatic heterocycles. The molecular formula is C13H18ClNO4S2. The van der Waals surface area contributed by atoms with Crippen molar-refractivity contribution in [1.82, 2.24) is 4.72 Å². The molecule has 0 saturated heterocycles. The van der Waals surface area contributed by atoms with Crippen molar-refractivity contribution in [3.05, 3.63) is 16.0 Å². The summed E-state index contributed by atoms with van der Waals surface area (Å²) in [4.78, 5) is 11.1. The van der Waals surface area contributed by atoms with E-state index in [9.17, 15) is 13.2 Å². The Balaban J connectivity index is 2.28. The van der Waals surface area contributed by atoms with E-state index in [1.54, 1.807) is 6.92 Å². The SMILES string of the molecule is Cc1cc(S(=O)(=O)NC2(CC(=O)O)CCCCC2)sc1Cl. The van der Waals surface area contributed by atoms with Gasteiger partial charge in [0.1, 0.15) is 4.21 Å². The lowest BCUT2D eigenvalue weighted by molar-refractivity contribution is -0.138. The van der Waals surface area contributed by atoms with Crippen LogP contribution in [0.25, 0.3) is 0 Å². The first-order valence-electron chi connectivity index (χ1n) is 6.76. The number of thiophene rings is 1. The second-order valence-corrected chi connectivity index (χ2v) is 9.10. The number of carbonyl (C=O) groups is 1. The number of carboxylic acid groups (broad SMARTS) is 1. The van der Waals surface area contributed by atoms with Gasteiger partial charge in [0.2, 0.25) is 0 Å². The van der Waals surface area contributed by atoms with Crippen molar-refractivity contribution in [3.8, 4) is 0 Å². The maximum atomic E-state index is 12.5. The first-order chi connectivity index (χ1) is 9.74. The molecule has 1 heterocycles. The number of sulfonamides is 1. The van der Waals surface area contributed by atoms with E-state index in [2.05, 4.69) is 4.72 Å². The second-order valence-electron chi connectivity index (χ2n) is 5.54. The first kappa shape index (κ1) is 16.7. The maximum Gasteiger partial charge on any atom is 0.305 e. The Kier molecular flexibility index (Phi) is 4.97. The van der Waals surface area contributed by atoms with Crippen molar-refractivity contribution < 1.29 is 18.3 Å². The van der Waals surface area contributed by atoms with E-state index in [0.717, 1.165) is 30.6 Å². The van der Waals surface area contributed by atoms with Crippen molar-refractivity contribution in [2.24, 2.45) is 0 Å². The molecule has 0 unspecified atom stereocenters. The molecule has 2 rings (SSSR count). The molecule has 0 atom stereocenters. The number of rotatable bonds is 5. The van der Waals surface area contributed by atoms with Crippen LogP contribution in [0.15, 0.2) is 10.3 Å². The highest BCUT2D eigenvalue weighted by atomic mass is 35.5. The van der Waals surface area contributed by atoms with Gasteiger partial charge in [0.05, 0.1) is 10.8 Å². The van der Waals surface area contributed by atoms with Gasteiger partial charge in [-0.15, -0.1) is 11.3 Å². The van der Waals surface area contributed by atoms with Crippen LogP contribution < -0.4 is 4.72 Å². The van der Waals surface area contributed by atoms with E-state index in [0.29, 0.717) is 22.7 Å². The van der Waals surface area contributed by atoms with Crippen LogP contribution in [0.2, 0.25) is 4.34 Å². The Morgan fingerprint density at radius 2 is 2.05 bits per heavy atom.